The van der Waals surface area contributed by atoms with Crippen LogP contribution in [0.1, 0.15) is 26.2 Å². The van der Waals surface area contributed by atoms with E-state index in [0.717, 1.165) is 6.42 Å². The molecule has 6 heteroatoms. The van der Waals surface area contributed by atoms with Crippen molar-refractivity contribution in [3.8, 4) is 0 Å². The number of amides is 1. The molecule has 1 saturated heterocycles. The highest BCUT2D eigenvalue weighted by atomic mass is 32.2. The van der Waals surface area contributed by atoms with E-state index in [4.69, 9.17) is 0 Å². The van der Waals surface area contributed by atoms with Gasteiger partial charge in [-0.1, -0.05) is 6.92 Å². The van der Waals surface area contributed by atoms with E-state index >= 15 is 0 Å². The van der Waals surface area contributed by atoms with Crippen LogP contribution >= 0.6 is 0 Å². The van der Waals surface area contributed by atoms with E-state index < -0.39 is 9.84 Å². The predicted octanol–water partition coefficient (Wildman–Crippen LogP) is 0.626. The second kappa shape index (κ2) is 4.33. The van der Waals surface area contributed by atoms with Crippen LogP contribution in [0.4, 0.5) is 0 Å². The normalized spacial score (nSPS) is 29.5. The Morgan fingerprint density at radius 2 is 2.00 bits per heavy atom. The summed E-state index contributed by atoms with van der Waals surface area (Å²) in [5, 5.41) is 9.45. The zero-order chi connectivity index (χ0) is 12.6. The maximum atomic E-state index is 11.8. The third kappa shape index (κ3) is 2.31. The first-order valence-corrected chi connectivity index (χ1v) is 7.70. The standard InChI is InChI=1S/C11H17NO4S/c1-2-8-7-10(13)11(14)12(8)9-3-5-17(15,16)6-4-9/h7-9,13H,2-6H2,1H3. The summed E-state index contributed by atoms with van der Waals surface area (Å²) in [6.07, 6.45) is 3.25. The van der Waals surface area contributed by atoms with Gasteiger partial charge in [-0.3, -0.25) is 4.79 Å². The van der Waals surface area contributed by atoms with Gasteiger partial charge in [-0.25, -0.2) is 8.42 Å². The summed E-state index contributed by atoms with van der Waals surface area (Å²) >= 11 is 0. The zero-order valence-electron chi connectivity index (χ0n) is 9.80. The lowest BCUT2D eigenvalue weighted by Crippen LogP contribution is -2.46. The minimum atomic E-state index is -2.92. The Bertz CT molecular complexity index is 440. The van der Waals surface area contributed by atoms with E-state index in [1.807, 2.05) is 6.92 Å². The van der Waals surface area contributed by atoms with Gasteiger partial charge in [0, 0.05) is 6.04 Å². The van der Waals surface area contributed by atoms with Crippen molar-refractivity contribution in [2.24, 2.45) is 0 Å². The van der Waals surface area contributed by atoms with Crippen molar-refractivity contribution in [3.63, 3.8) is 0 Å². The quantitative estimate of drug-likeness (QED) is 0.789. The Balaban J connectivity index is 2.11. The SMILES string of the molecule is CCC1C=C(O)C(=O)N1C1CCS(=O)(=O)CC1. The third-order valence-corrected chi connectivity index (χ3v) is 5.21. The summed E-state index contributed by atoms with van der Waals surface area (Å²) in [5.41, 5.74) is 0. The predicted molar refractivity (Wildman–Crippen MR) is 63.3 cm³/mol. The molecular formula is C11H17NO4S. The van der Waals surface area contributed by atoms with Crippen molar-refractivity contribution in [3.05, 3.63) is 11.8 Å². The molecule has 0 aromatic rings. The van der Waals surface area contributed by atoms with Crippen molar-refractivity contribution in [1.82, 2.24) is 4.90 Å². The molecule has 0 aliphatic carbocycles. The molecule has 96 valence electrons. The Morgan fingerprint density at radius 3 is 2.53 bits per heavy atom. The number of aliphatic hydroxyl groups excluding tert-OH is 1. The summed E-state index contributed by atoms with van der Waals surface area (Å²) in [6.45, 7) is 1.94. The summed E-state index contributed by atoms with van der Waals surface area (Å²) < 4.78 is 22.7. The second-order valence-electron chi connectivity index (χ2n) is 4.62. The largest absolute Gasteiger partial charge is 0.503 e. The smallest absolute Gasteiger partial charge is 0.289 e. The highest BCUT2D eigenvalue weighted by Gasteiger charge is 2.38. The molecule has 0 aromatic heterocycles. The van der Waals surface area contributed by atoms with Crippen LogP contribution in [0.25, 0.3) is 0 Å². The lowest BCUT2D eigenvalue weighted by molar-refractivity contribution is -0.131. The van der Waals surface area contributed by atoms with Crippen molar-refractivity contribution >= 4 is 15.7 Å². The van der Waals surface area contributed by atoms with Crippen molar-refractivity contribution < 1.29 is 18.3 Å². The van der Waals surface area contributed by atoms with Crippen LogP contribution < -0.4 is 0 Å². The first-order valence-electron chi connectivity index (χ1n) is 5.88. The zero-order valence-corrected chi connectivity index (χ0v) is 10.6. The molecule has 1 atom stereocenters. The lowest BCUT2D eigenvalue weighted by atomic mass is 10.1. The molecule has 1 N–H and O–H groups in total. The van der Waals surface area contributed by atoms with Crippen molar-refractivity contribution in [1.29, 1.82) is 0 Å². The van der Waals surface area contributed by atoms with E-state index in [0.29, 0.717) is 12.8 Å². The number of rotatable bonds is 2. The summed E-state index contributed by atoms with van der Waals surface area (Å²) in [4.78, 5) is 13.4. The molecule has 2 aliphatic rings. The lowest BCUT2D eigenvalue weighted by Gasteiger charge is -2.34. The number of aliphatic hydroxyl groups is 1. The van der Waals surface area contributed by atoms with Crippen molar-refractivity contribution in [2.45, 2.75) is 38.3 Å². The summed E-state index contributed by atoms with van der Waals surface area (Å²) in [6, 6.07) is -0.148. The molecule has 17 heavy (non-hydrogen) atoms. The number of carbonyl (C=O) groups is 1. The molecule has 1 amide bonds. The fourth-order valence-electron chi connectivity index (χ4n) is 2.52. The van der Waals surface area contributed by atoms with Gasteiger partial charge < -0.3 is 10.0 Å². The average molecular weight is 259 g/mol. The molecule has 5 nitrogen and oxygen atoms in total. The average Bonchev–Trinajstić information content (AvgIpc) is 2.56. The Hall–Kier alpha value is -1.04. The van der Waals surface area contributed by atoms with Gasteiger partial charge in [0.15, 0.2) is 5.76 Å². The molecule has 0 radical (unpaired) electrons. The van der Waals surface area contributed by atoms with Gasteiger partial charge >= 0.3 is 0 Å². The number of hydrogen-bond donors (Lipinski definition) is 1. The van der Waals surface area contributed by atoms with Gasteiger partial charge in [0.25, 0.3) is 5.91 Å². The molecule has 0 saturated carbocycles. The molecule has 0 spiro atoms. The van der Waals surface area contributed by atoms with Gasteiger partial charge in [-0.15, -0.1) is 0 Å². The van der Waals surface area contributed by atoms with Gasteiger partial charge in [0.05, 0.1) is 17.5 Å². The highest BCUT2D eigenvalue weighted by molar-refractivity contribution is 7.91. The van der Waals surface area contributed by atoms with Crippen LogP contribution in [0.3, 0.4) is 0 Å². The number of hydrogen-bond acceptors (Lipinski definition) is 4. The number of carbonyl (C=O) groups excluding carboxylic acids is 1. The fourth-order valence-corrected chi connectivity index (χ4v) is 3.99. The van der Waals surface area contributed by atoms with Crippen LogP contribution in [0.2, 0.25) is 0 Å². The molecule has 0 bridgehead atoms. The Morgan fingerprint density at radius 1 is 1.41 bits per heavy atom. The molecule has 2 rings (SSSR count). The van der Waals surface area contributed by atoms with Crippen LogP contribution in [0, 0.1) is 0 Å². The Labute approximate surface area is 101 Å². The summed E-state index contributed by atoms with van der Waals surface area (Å²) in [5.74, 6) is -0.288. The van der Waals surface area contributed by atoms with E-state index in [-0.39, 0.29) is 35.3 Å². The van der Waals surface area contributed by atoms with Gasteiger partial charge in [-0.05, 0) is 25.3 Å². The highest BCUT2D eigenvalue weighted by Crippen LogP contribution is 2.27. The minimum Gasteiger partial charge on any atom is -0.503 e. The molecular weight excluding hydrogens is 242 g/mol. The van der Waals surface area contributed by atoms with E-state index in [2.05, 4.69) is 0 Å². The number of sulfone groups is 1. The Kier molecular flexibility index (Phi) is 3.16. The molecule has 1 unspecified atom stereocenters. The molecule has 0 aromatic carbocycles. The fraction of sp³-hybridized carbons (Fsp3) is 0.727. The van der Waals surface area contributed by atoms with Gasteiger partial charge in [-0.2, -0.15) is 0 Å². The van der Waals surface area contributed by atoms with Crippen molar-refractivity contribution in [2.75, 3.05) is 11.5 Å². The van der Waals surface area contributed by atoms with Crippen LogP contribution in [-0.2, 0) is 14.6 Å². The third-order valence-electron chi connectivity index (χ3n) is 3.50. The minimum absolute atomic E-state index is 0.0584. The molecule has 2 heterocycles. The van der Waals surface area contributed by atoms with Gasteiger partial charge in [0.2, 0.25) is 0 Å². The molecule has 1 fully saturated rings. The number of nitrogens with zero attached hydrogens (tertiary/aromatic N) is 1. The first-order chi connectivity index (χ1) is 7.94. The maximum Gasteiger partial charge on any atom is 0.289 e. The molecule has 2 aliphatic heterocycles. The van der Waals surface area contributed by atoms with Gasteiger partial charge in [0.1, 0.15) is 9.84 Å². The topological polar surface area (TPSA) is 74.7 Å². The maximum absolute atomic E-state index is 11.8. The second-order valence-corrected chi connectivity index (χ2v) is 6.93. The summed E-state index contributed by atoms with van der Waals surface area (Å²) in [7, 11) is -2.92. The van der Waals surface area contributed by atoms with Crippen LogP contribution in [0.5, 0.6) is 0 Å². The monoisotopic (exact) mass is 259 g/mol. The first kappa shape index (κ1) is 12.4. The van der Waals surface area contributed by atoms with Crippen LogP contribution in [-0.4, -0.2) is 47.9 Å². The van der Waals surface area contributed by atoms with E-state index in [1.54, 1.807) is 11.0 Å². The van der Waals surface area contributed by atoms with E-state index in [9.17, 15) is 18.3 Å². The van der Waals surface area contributed by atoms with E-state index in [1.165, 1.54) is 0 Å². The van der Waals surface area contributed by atoms with Crippen LogP contribution in [0.15, 0.2) is 11.8 Å².